The van der Waals surface area contributed by atoms with Crippen LogP contribution in [0.4, 0.5) is 0 Å². The number of hydrogen-bond acceptors (Lipinski definition) is 2. The molecule has 3 aromatic rings. The molecule has 4 N–H and O–H groups in total. The molecule has 22 heavy (non-hydrogen) atoms. The third-order valence-electron chi connectivity index (χ3n) is 3.70. The monoisotopic (exact) mass is 295 g/mol. The first-order valence-electron chi connectivity index (χ1n) is 7.32. The Morgan fingerprint density at radius 2 is 1.82 bits per heavy atom. The number of hydrogen-bond donors (Lipinski definition) is 2. The molecule has 1 heterocycles. The predicted octanol–water partition coefficient (Wildman–Crippen LogP) is 2.06. The number of H-pyrrole nitrogens is 1. The first-order chi connectivity index (χ1) is 10.7. The normalized spacial score (nSPS) is 12.2. The van der Waals surface area contributed by atoms with Crippen molar-refractivity contribution >= 4 is 16.9 Å². The van der Waals surface area contributed by atoms with Gasteiger partial charge in [-0.05, 0) is 17.2 Å². The van der Waals surface area contributed by atoms with Crippen molar-refractivity contribution < 1.29 is 15.3 Å². The van der Waals surface area contributed by atoms with Crippen LogP contribution in [0.5, 0.6) is 0 Å². The van der Waals surface area contributed by atoms with Crippen molar-refractivity contribution in [3.63, 3.8) is 0 Å². The predicted molar refractivity (Wildman–Crippen MR) is 84.9 cm³/mol. The molecule has 112 valence electrons. The van der Waals surface area contributed by atoms with Gasteiger partial charge in [0.25, 0.3) is 0 Å². The van der Waals surface area contributed by atoms with E-state index in [9.17, 15) is 4.79 Å². The summed E-state index contributed by atoms with van der Waals surface area (Å²) in [5.74, 6) is -0.269. The van der Waals surface area contributed by atoms with E-state index in [1.807, 2.05) is 60.8 Å². The zero-order valence-corrected chi connectivity index (χ0v) is 12.3. The first-order valence-corrected chi connectivity index (χ1v) is 7.32. The zero-order valence-electron chi connectivity index (χ0n) is 12.3. The van der Waals surface area contributed by atoms with E-state index in [0.29, 0.717) is 13.0 Å². The van der Waals surface area contributed by atoms with Gasteiger partial charge in [-0.25, -0.2) is 4.79 Å². The van der Waals surface area contributed by atoms with Crippen LogP contribution in [0.3, 0.4) is 0 Å². The lowest BCUT2D eigenvalue weighted by atomic mass is 10.1. The van der Waals surface area contributed by atoms with Crippen LogP contribution in [0.1, 0.15) is 11.1 Å². The summed E-state index contributed by atoms with van der Waals surface area (Å²) >= 11 is 0. The minimum atomic E-state index is -0.414. The Morgan fingerprint density at radius 3 is 2.64 bits per heavy atom. The van der Waals surface area contributed by atoms with Crippen molar-refractivity contribution in [2.75, 3.05) is 0 Å². The summed E-state index contributed by atoms with van der Waals surface area (Å²) in [4.78, 5) is 15.3. The maximum Gasteiger partial charge on any atom is 0.365 e. The Morgan fingerprint density at radius 1 is 1.09 bits per heavy atom. The standard InChI is InChI=1S/C18H18N2O2/c19-16(18(21)22-12-13-6-2-1-3-7-13)10-14-11-20-17-9-5-4-8-15(14)17/h1-9,11,16,20H,10,12,19H2/p+1/t16-/m1/s1. The summed E-state index contributed by atoms with van der Waals surface area (Å²) in [7, 11) is 0. The van der Waals surface area contributed by atoms with E-state index >= 15 is 0 Å². The highest BCUT2D eigenvalue weighted by Gasteiger charge is 2.21. The van der Waals surface area contributed by atoms with Crippen LogP contribution in [0.15, 0.2) is 60.8 Å². The Kier molecular flexibility index (Phi) is 4.21. The van der Waals surface area contributed by atoms with E-state index in [2.05, 4.69) is 10.7 Å². The van der Waals surface area contributed by atoms with Crippen molar-refractivity contribution in [2.24, 2.45) is 0 Å². The third kappa shape index (κ3) is 3.18. The lowest BCUT2D eigenvalue weighted by Gasteiger charge is -2.09. The first kappa shape index (κ1) is 14.4. The topological polar surface area (TPSA) is 69.7 Å². The molecule has 0 bridgehead atoms. The Bertz CT molecular complexity index is 765. The smallest absolute Gasteiger partial charge is 0.365 e. The van der Waals surface area contributed by atoms with Crippen LogP contribution in [0, 0.1) is 0 Å². The molecule has 4 nitrogen and oxygen atoms in total. The highest BCUT2D eigenvalue weighted by atomic mass is 16.5. The molecule has 2 aromatic carbocycles. The van der Waals surface area contributed by atoms with Gasteiger partial charge >= 0.3 is 5.97 Å². The average Bonchev–Trinajstić information content (AvgIpc) is 2.97. The number of quaternary nitrogens is 1. The number of para-hydroxylation sites is 1. The fraction of sp³-hybridized carbons (Fsp3) is 0.167. The van der Waals surface area contributed by atoms with Gasteiger partial charge in [-0.1, -0.05) is 48.5 Å². The molecule has 0 aliphatic rings. The molecule has 0 aliphatic heterocycles. The SMILES string of the molecule is [NH3+][C@H](Cc1c[nH]c2ccccc12)C(=O)OCc1ccccc1. The molecule has 0 fully saturated rings. The van der Waals surface area contributed by atoms with Crippen molar-refractivity contribution in [2.45, 2.75) is 19.1 Å². The van der Waals surface area contributed by atoms with Gasteiger partial charge in [0.2, 0.25) is 0 Å². The van der Waals surface area contributed by atoms with Gasteiger partial charge in [-0.2, -0.15) is 0 Å². The number of aromatic nitrogens is 1. The molecule has 3 rings (SSSR count). The van der Waals surface area contributed by atoms with Crippen molar-refractivity contribution in [1.29, 1.82) is 0 Å². The molecular weight excluding hydrogens is 276 g/mol. The van der Waals surface area contributed by atoms with Crippen LogP contribution >= 0.6 is 0 Å². The quantitative estimate of drug-likeness (QED) is 0.707. The van der Waals surface area contributed by atoms with Gasteiger partial charge in [0.05, 0.1) is 0 Å². The number of carbonyl (C=O) groups is 1. The number of rotatable bonds is 5. The third-order valence-corrected chi connectivity index (χ3v) is 3.70. The van der Waals surface area contributed by atoms with Crippen molar-refractivity contribution in [3.05, 3.63) is 71.9 Å². The maximum absolute atomic E-state index is 12.1. The molecule has 1 aromatic heterocycles. The molecule has 0 unspecified atom stereocenters. The lowest BCUT2D eigenvalue weighted by molar-refractivity contribution is -0.408. The van der Waals surface area contributed by atoms with E-state index in [4.69, 9.17) is 4.74 Å². The number of fused-ring (bicyclic) bond motifs is 1. The summed E-state index contributed by atoms with van der Waals surface area (Å²) < 4.78 is 5.34. The summed E-state index contributed by atoms with van der Waals surface area (Å²) in [6.45, 7) is 0.291. The Hall–Kier alpha value is -2.59. The number of nitrogens with one attached hydrogen (secondary N) is 1. The Labute approximate surface area is 128 Å². The fourth-order valence-corrected chi connectivity index (χ4v) is 2.50. The minimum Gasteiger partial charge on any atom is -0.456 e. The van der Waals surface area contributed by atoms with Gasteiger partial charge in [0.1, 0.15) is 6.61 Å². The van der Waals surface area contributed by atoms with E-state index in [0.717, 1.165) is 22.0 Å². The second-order valence-corrected chi connectivity index (χ2v) is 5.35. The lowest BCUT2D eigenvalue weighted by Crippen LogP contribution is -2.66. The van der Waals surface area contributed by atoms with E-state index in [1.54, 1.807) is 0 Å². The van der Waals surface area contributed by atoms with Gasteiger partial charge in [0, 0.05) is 23.5 Å². The summed E-state index contributed by atoms with van der Waals surface area (Å²) in [5, 5.41) is 1.13. The number of esters is 1. The second kappa shape index (κ2) is 6.45. The maximum atomic E-state index is 12.1. The van der Waals surface area contributed by atoms with Crippen LogP contribution < -0.4 is 5.73 Å². The van der Waals surface area contributed by atoms with Crippen LogP contribution in [0.25, 0.3) is 10.9 Å². The molecule has 0 aliphatic carbocycles. The van der Waals surface area contributed by atoms with Gasteiger partial charge in [-0.3, -0.25) is 0 Å². The molecular formula is C18H19N2O2+. The zero-order chi connectivity index (χ0) is 15.4. The summed E-state index contributed by atoms with van der Waals surface area (Å²) in [6, 6.07) is 17.3. The van der Waals surface area contributed by atoms with Crippen molar-refractivity contribution in [3.8, 4) is 0 Å². The van der Waals surface area contributed by atoms with Gasteiger partial charge < -0.3 is 15.5 Å². The van der Waals surface area contributed by atoms with E-state index in [-0.39, 0.29) is 5.97 Å². The van der Waals surface area contributed by atoms with Crippen LogP contribution in [0.2, 0.25) is 0 Å². The van der Waals surface area contributed by atoms with E-state index < -0.39 is 6.04 Å². The average molecular weight is 295 g/mol. The van der Waals surface area contributed by atoms with Gasteiger partial charge in [-0.15, -0.1) is 0 Å². The molecule has 1 atom stereocenters. The molecule has 0 spiro atoms. The Balaban J connectivity index is 1.61. The van der Waals surface area contributed by atoms with Crippen LogP contribution in [-0.4, -0.2) is 17.0 Å². The van der Waals surface area contributed by atoms with Gasteiger partial charge in [0.15, 0.2) is 6.04 Å². The van der Waals surface area contributed by atoms with Crippen molar-refractivity contribution in [1.82, 2.24) is 4.98 Å². The number of aromatic amines is 1. The molecule has 0 saturated heterocycles. The molecule has 0 radical (unpaired) electrons. The van der Waals surface area contributed by atoms with E-state index in [1.165, 1.54) is 0 Å². The highest BCUT2D eigenvalue weighted by Crippen LogP contribution is 2.18. The second-order valence-electron chi connectivity index (χ2n) is 5.35. The number of carbonyl (C=O) groups excluding carboxylic acids is 1. The molecule has 0 saturated carbocycles. The minimum absolute atomic E-state index is 0.269. The fourth-order valence-electron chi connectivity index (χ4n) is 2.50. The highest BCUT2D eigenvalue weighted by molar-refractivity contribution is 5.84. The largest absolute Gasteiger partial charge is 0.456 e. The number of benzene rings is 2. The molecule has 4 heteroatoms. The number of ether oxygens (including phenoxy) is 1. The van der Waals surface area contributed by atoms with Crippen LogP contribution in [-0.2, 0) is 22.6 Å². The summed E-state index contributed by atoms with van der Waals surface area (Å²) in [6.07, 6.45) is 2.50. The molecule has 0 amide bonds. The summed E-state index contributed by atoms with van der Waals surface area (Å²) in [5.41, 5.74) is 7.09.